The average Bonchev–Trinajstić information content (AvgIpc) is 2.69. The maximum absolute atomic E-state index is 8.31. The molecule has 0 unspecified atom stereocenters. The summed E-state index contributed by atoms with van der Waals surface area (Å²) in [6, 6.07) is 0. The van der Waals surface area contributed by atoms with Crippen molar-refractivity contribution in [1.82, 2.24) is 0 Å². The molecule has 0 aromatic rings. The highest BCUT2D eigenvalue weighted by Gasteiger charge is 2.17. The molecule has 0 aliphatic rings. The predicted octanol–water partition coefficient (Wildman–Crippen LogP) is 8.00. The first kappa shape index (κ1) is 28.8. The second-order valence-electron chi connectivity index (χ2n) is 9.54. The zero-order valence-electron chi connectivity index (χ0n) is 20.2. The van der Waals surface area contributed by atoms with Crippen LogP contribution in [0.2, 0.25) is 0 Å². The van der Waals surface area contributed by atoms with E-state index >= 15 is 0 Å². The Morgan fingerprint density at radius 3 is 1.93 bits per heavy atom. The van der Waals surface area contributed by atoms with Crippen molar-refractivity contribution in [3.63, 3.8) is 0 Å². The van der Waals surface area contributed by atoms with E-state index in [1.807, 2.05) is 0 Å². The molecule has 0 spiro atoms. The van der Waals surface area contributed by atoms with Gasteiger partial charge in [0.1, 0.15) is 6.79 Å². The average molecular weight is 417 g/mol. The van der Waals surface area contributed by atoms with Gasteiger partial charge in [0, 0.05) is 6.61 Å². The topological polar surface area (TPSA) is 47.9 Å². The van der Waals surface area contributed by atoms with E-state index < -0.39 is 0 Å². The molecule has 0 fully saturated rings. The molecule has 0 saturated heterocycles. The van der Waals surface area contributed by atoms with Gasteiger partial charge in [-0.15, -0.1) is 0 Å². The van der Waals surface area contributed by atoms with Gasteiger partial charge in [0.05, 0.1) is 13.2 Å². The molecule has 4 nitrogen and oxygen atoms in total. The van der Waals surface area contributed by atoms with E-state index in [0.29, 0.717) is 13.4 Å². The van der Waals surface area contributed by atoms with Gasteiger partial charge in [-0.25, -0.2) is 4.89 Å². The second kappa shape index (κ2) is 21.1. The van der Waals surface area contributed by atoms with Crippen molar-refractivity contribution in [3.8, 4) is 0 Å². The third-order valence-corrected chi connectivity index (χ3v) is 5.83. The molecule has 0 aromatic carbocycles. The van der Waals surface area contributed by atoms with Crippen LogP contribution in [0.1, 0.15) is 124 Å². The van der Waals surface area contributed by atoms with Crippen LogP contribution in [0, 0.1) is 11.3 Å². The first-order valence-corrected chi connectivity index (χ1v) is 12.5. The van der Waals surface area contributed by atoms with E-state index in [9.17, 15) is 0 Å². The highest BCUT2D eigenvalue weighted by molar-refractivity contribution is 4.67. The quantitative estimate of drug-likeness (QED) is 0.0793. The molecular weight excluding hydrogens is 364 g/mol. The molecule has 0 radical (unpaired) electrons. The first-order valence-electron chi connectivity index (χ1n) is 12.5. The summed E-state index contributed by atoms with van der Waals surface area (Å²) in [7, 11) is 0. The van der Waals surface area contributed by atoms with Crippen LogP contribution in [0.3, 0.4) is 0 Å². The molecular formula is C25H52O4. The van der Waals surface area contributed by atoms with Crippen LogP contribution in [0.4, 0.5) is 0 Å². The molecule has 1 N–H and O–H groups in total. The summed E-state index contributed by atoms with van der Waals surface area (Å²) in [6.45, 7) is 11.6. The summed E-state index contributed by atoms with van der Waals surface area (Å²) in [6.07, 6.45) is 19.0. The van der Waals surface area contributed by atoms with Crippen molar-refractivity contribution < 1.29 is 19.6 Å². The van der Waals surface area contributed by atoms with Crippen LogP contribution in [0.5, 0.6) is 0 Å². The van der Waals surface area contributed by atoms with Crippen molar-refractivity contribution >= 4 is 0 Å². The lowest BCUT2D eigenvalue weighted by Crippen LogP contribution is -2.20. The number of hydrogen-bond donors (Lipinski definition) is 1. The van der Waals surface area contributed by atoms with Crippen LogP contribution in [-0.2, 0) is 14.4 Å². The molecule has 0 amide bonds. The Kier molecular flexibility index (Phi) is 21.0. The summed E-state index contributed by atoms with van der Waals surface area (Å²) >= 11 is 0. The number of ether oxygens (including phenoxy) is 2. The monoisotopic (exact) mass is 416 g/mol. The van der Waals surface area contributed by atoms with Gasteiger partial charge in [-0.3, -0.25) is 5.26 Å². The highest BCUT2D eigenvalue weighted by Crippen LogP contribution is 2.25. The number of hydrogen-bond acceptors (Lipinski definition) is 4. The largest absolute Gasteiger partial charge is 0.355 e. The van der Waals surface area contributed by atoms with Crippen LogP contribution in [0.15, 0.2) is 0 Å². The maximum atomic E-state index is 8.31. The van der Waals surface area contributed by atoms with E-state index in [1.165, 1.54) is 70.6 Å². The summed E-state index contributed by atoms with van der Waals surface area (Å²) in [5.74, 6) is 0.889. The molecule has 0 aliphatic heterocycles. The Bertz CT molecular complexity index is 310. The molecule has 0 bridgehead atoms. The minimum Gasteiger partial charge on any atom is -0.355 e. The molecule has 0 aliphatic carbocycles. The zero-order valence-corrected chi connectivity index (χ0v) is 20.2. The minimum absolute atomic E-state index is 0.195. The first-order chi connectivity index (χ1) is 14.1. The molecule has 0 heterocycles. The molecule has 176 valence electrons. The molecule has 0 atom stereocenters. The van der Waals surface area contributed by atoms with E-state index in [-0.39, 0.29) is 5.41 Å². The van der Waals surface area contributed by atoms with E-state index in [4.69, 9.17) is 14.7 Å². The van der Waals surface area contributed by atoms with Gasteiger partial charge in [-0.1, -0.05) is 98.3 Å². The van der Waals surface area contributed by atoms with E-state index in [2.05, 4.69) is 32.6 Å². The van der Waals surface area contributed by atoms with Crippen molar-refractivity contribution in [2.45, 2.75) is 124 Å². The molecule has 0 aromatic heterocycles. The third kappa shape index (κ3) is 20.9. The fourth-order valence-corrected chi connectivity index (χ4v) is 3.90. The lowest BCUT2D eigenvalue weighted by Gasteiger charge is -2.24. The van der Waals surface area contributed by atoms with Gasteiger partial charge in [-0.05, 0) is 37.0 Å². The lowest BCUT2D eigenvalue weighted by atomic mass is 9.88. The maximum Gasteiger partial charge on any atom is 0.146 e. The SMILES string of the molecule is CCCCCC(CCCCC)CCCOCOCC(C)(C)CCCCCCOO. The number of unbranched alkanes of at least 4 members (excludes halogenated alkanes) is 7. The predicted molar refractivity (Wildman–Crippen MR) is 123 cm³/mol. The summed E-state index contributed by atoms with van der Waals surface area (Å²) in [5.41, 5.74) is 0.195. The van der Waals surface area contributed by atoms with Crippen LogP contribution < -0.4 is 0 Å². The second-order valence-corrected chi connectivity index (χ2v) is 9.54. The summed E-state index contributed by atoms with van der Waals surface area (Å²) in [4.78, 5) is 4.11. The fourth-order valence-electron chi connectivity index (χ4n) is 3.90. The normalized spacial score (nSPS) is 12.2. The van der Waals surface area contributed by atoms with Gasteiger partial charge < -0.3 is 9.47 Å². The van der Waals surface area contributed by atoms with Crippen molar-refractivity contribution in [3.05, 3.63) is 0 Å². The van der Waals surface area contributed by atoms with Crippen molar-refractivity contribution in [1.29, 1.82) is 0 Å². The van der Waals surface area contributed by atoms with Gasteiger partial charge in [-0.2, -0.15) is 0 Å². The standard InChI is InChI=1S/C25H52O4/c1-5-7-11-16-24(17-12-8-6-2)18-15-20-27-23-28-22-25(3,4)19-13-9-10-14-21-29-26/h24,26H,5-23H2,1-4H3. The van der Waals surface area contributed by atoms with Crippen LogP contribution in [0.25, 0.3) is 0 Å². The van der Waals surface area contributed by atoms with Crippen molar-refractivity contribution in [2.24, 2.45) is 11.3 Å². The molecule has 4 heteroatoms. The van der Waals surface area contributed by atoms with Gasteiger partial charge in [0.2, 0.25) is 0 Å². The molecule has 0 saturated carbocycles. The van der Waals surface area contributed by atoms with Crippen molar-refractivity contribution in [2.75, 3.05) is 26.6 Å². The Balaban J connectivity index is 3.69. The van der Waals surface area contributed by atoms with E-state index in [0.717, 1.165) is 44.8 Å². The Hall–Kier alpha value is -0.160. The van der Waals surface area contributed by atoms with Crippen LogP contribution in [-0.4, -0.2) is 31.9 Å². The minimum atomic E-state index is 0.195. The van der Waals surface area contributed by atoms with Gasteiger partial charge in [0.25, 0.3) is 0 Å². The summed E-state index contributed by atoms with van der Waals surface area (Å²) < 4.78 is 11.5. The number of rotatable bonds is 23. The molecule has 0 rings (SSSR count). The van der Waals surface area contributed by atoms with E-state index in [1.54, 1.807) is 0 Å². The van der Waals surface area contributed by atoms with Gasteiger partial charge in [0.15, 0.2) is 0 Å². The lowest BCUT2D eigenvalue weighted by molar-refractivity contribution is -0.242. The summed E-state index contributed by atoms with van der Waals surface area (Å²) in [5, 5.41) is 8.31. The Labute approximate surface area is 182 Å². The smallest absolute Gasteiger partial charge is 0.146 e. The Morgan fingerprint density at radius 1 is 0.690 bits per heavy atom. The highest BCUT2D eigenvalue weighted by atomic mass is 17.1. The third-order valence-electron chi connectivity index (χ3n) is 5.83. The fraction of sp³-hybridized carbons (Fsp3) is 1.00. The van der Waals surface area contributed by atoms with Crippen LogP contribution >= 0.6 is 0 Å². The Morgan fingerprint density at radius 2 is 1.31 bits per heavy atom. The van der Waals surface area contributed by atoms with Gasteiger partial charge >= 0.3 is 0 Å². The zero-order chi connectivity index (χ0) is 21.6. The molecule has 29 heavy (non-hydrogen) atoms.